The van der Waals surface area contributed by atoms with Crippen molar-refractivity contribution in [1.29, 1.82) is 0 Å². The Kier molecular flexibility index (Phi) is 13.2. The molecule has 0 unspecified atom stereocenters. The van der Waals surface area contributed by atoms with Crippen LogP contribution in [0.25, 0.3) is 0 Å². The molecule has 0 aromatic rings. The van der Waals surface area contributed by atoms with E-state index >= 15 is 0 Å². The Hall–Kier alpha value is 0.110. The van der Waals surface area contributed by atoms with E-state index in [-0.39, 0.29) is 13.2 Å². The van der Waals surface area contributed by atoms with Gasteiger partial charge in [0.2, 0.25) is 7.37 Å². The van der Waals surface area contributed by atoms with Crippen molar-refractivity contribution in [2.45, 2.75) is 64.2 Å². The third-order valence-electron chi connectivity index (χ3n) is 3.33. The van der Waals surface area contributed by atoms with Gasteiger partial charge in [-0.15, -0.1) is 0 Å². The van der Waals surface area contributed by atoms with E-state index < -0.39 is 7.37 Å². The summed E-state index contributed by atoms with van der Waals surface area (Å²) in [6.07, 6.45) is 10.3. The minimum Gasteiger partial charge on any atom is -0.396 e. The molecule has 0 aliphatic carbocycles. The summed E-state index contributed by atoms with van der Waals surface area (Å²) in [5.74, 6) is 0. The average Bonchev–Trinajstić information content (AvgIpc) is 2.38. The van der Waals surface area contributed by atoms with Crippen molar-refractivity contribution in [3.05, 3.63) is 0 Å². The zero-order valence-corrected chi connectivity index (χ0v) is 13.0. The van der Waals surface area contributed by atoms with Crippen molar-refractivity contribution >= 4 is 7.37 Å². The Bertz CT molecular complexity index is 213. The Morgan fingerprint density at radius 2 is 0.895 bits per heavy atom. The summed E-state index contributed by atoms with van der Waals surface area (Å²) in [7, 11) is -2.90. The number of aliphatic hydroxyl groups is 2. The second-order valence-electron chi connectivity index (χ2n) is 5.28. The lowest BCUT2D eigenvalue weighted by Gasteiger charge is -2.11. The third-order valence-corrected chi connectivity index (χ3v) is 5.36. The average molecular weight is 294 g/mol. The highest BCUT2D eigenvalue weighted by atomic mass is 31.2. The highest BCUT2D eigenvalue weighted by Gasteiger charge is 2.16. The number of hydrogen-bond donors (Lipinski definition) is 3. The summed E-state index contributed by atoms with van der Waals surface area (Å²) in [4.78, 5) is 9.80. The van der Waals surface area contributed by atoms with Crippen LogP contribution < -0.4 is 0 Å². The first-order valence-electron chi connectivity index (χ1n) is 7.65. The van der Waals surface area contributed by atoms with Gasteiger partial charge in [0.25, 0.3) is 0 Å². The Morgan fingerprint density at radius 1 is 0.579 bits per heavy atom. The normalized spacial score (nSPS) is 11.9. The molecule has 0 aromatic heterocycles. The van der Waals surface area contributed by atoms with E-state index in [2.05, 4.69) is 0 Å². The second-order valence-corrected chi connectivity index (χ2v) is 7.86. The molecular weight excluding hydrogens is 263 g/mol. The minimum atomic E-state index is -2.90. The number of hydrogen-bond acceptors (Lipinski definition) is 3. The van der Waals surface area contributed by atoms with Crippen LogP contribution in [0.3, 0.4) is 0 Å². The van der Waals surface area contributed by atoms with Gasteiger partial charge in [-0.25, -0.2) is 0 Å². The molecule has 0 saturated carbocycles. The van der Waals surface area contributed by atoms with Crippen molar-refractivity contribution < 1.29 is 19.7 Å². The van der Waals surface area contributed by atoms with Crippen molar-refractivity contribution in [1.82, 2.24) is 0 Å². The van der Waals surface area contributed by atoms with Crippen LogP contribution in [0.2, 0.25) is 0 Å². The maximum Gasteiger partial charge on any atom is 0.200 e. The first-order valence-corrected chi connectivity index (χ1v) is 9.68. The summed E-state index contributed by atoms with van der Waals surface area (Å²) in [6, 6.07) is 0. The quantitative estimate of drug-likeness (QED) is 0.340. The van der Waals surface area contributed by atoms with E-state index in [1.807, 2.05) is 0 Å². The first kappa shape index (κ1) is 19.1. The molecule has 4 nitrogen and oxygen atoms in total. The molecule has 3 N–H and O–H groups in total. The molecule has 0 fully saturated rings. The third kappa shape index (κ3) is 14.3. The summed E-state index contributed by atoms with van der Waals surface area (Å²) >= 11 is 0. The van der Waals surface area contributed by atoms with E-state index in [1.165, 1.54) is 0 Å². The van der Waals surface area contributed by atoms with Crippen LogP contribution in [0.4, 0.5) is 0 Å². The minimum absolute atomic E-state index is 0.245. The molecule has 0 radical (unpaired) electrons. The monoisotopic (exact) mass is 294 g/mol. The number of rotatable bonds is 14. The lowest BCUT2D eigenvalue weighted by Crippen LogP contribution is -1.96. The molecule has 0 amide bonds. The fourth-order valence-electron chi connectivity index (χ4n) is 2.11. The predicted molar refractivity (Wildman–Crippen MR) is 79.9 cm³/mol. The van der Waals surface area contributed by atoms with Gasteiger partial charge in [-0.3, -0.25) is 4.57 Å². The Balaban J connectivity index is 3.39. The molecule has 0 aromatic carbocycles. The van der Waals surface area contributed by atoms with E-state index in [1.54, 1.807) is 0 Å². The van der Waals surface area contributed by atoms with Crippen LogP contribution in [-0.4, -0.2) is 40.6 Å². The maximum atomic E-state index is 11.9. The van der Waals surface area contributed by atoms with Crippen LogP contribution in [0, 0.1) is 0 Å². The van der Waals surface area contributed by atoms with Crippen LogP contribution in [-0.2, 0) is 4.57 Å². The fraction of sp³-hybridized carbons (Fsp3) is 1.00. The van der Waals surface area contributed by atoms with Crippen LogP contribution in [0.1, 0.15) is 64.2 Å². The standard InChI is InChI=1S/C14H31O4P/c15-11-7-3-1-5-9-13-19(17,18)14-10-6-2-4-8-12-16/h15-16H,1-14H2,(H,17,18). The number of unbranched alkanes of at least 4 members (excludes halogenated alkanes) is 8. The van der Waals surface area contributed by atoms with Gasteiger partial charge in [-0.2, -0.15) is 0 Å². The van der Waals surface area contributed by atoms with E-state index in [9.17, 15) is 9.46 Å². The Labute approximate surface area is 117 Å². The van der Waals surface area contributed by atoms with Gasteiger partial charge in [0, 0.05) is 25.5 Å². The van der Waals surface area contributed by atoms with Crippen LogP contribution >= 0.6 is 7.37 Å². The van der Waals surface area contributed by atoms with Gasteiger partial charge < -0.3 is 15.1 Å². The lowest BCUT2D eigenvalue weighted by atomic mass is 10.2. The van der Waals surface area contributed by atoms with Crippen molar-refractivity contribution in [2.75, 3.05) is 25.5 Å². The van der Waals surface area contributed by atoms with Crippen LogP contribution in [0.5, 0.6) is 0 Å². The molecule has 0 heterocycles. The predicted octanol–water partition coefficient (Wildman–Crippen LogP) is 3.14. The molecular formula is C14H31O4P. The second kappa shape index (κ2) is 13.1. The highest BCUT2D eigenvalue weighted by molar-refractivity contribution is 7.57. The molecule has 0 rings (SSSR count). The molecule has 0 saturated heterocycles. The fourth-order valence-corrected chi connectivity index (χ4v) is 3.77. The topological polar surface area (TPSA) is 77.8 Å². The van der Waals surface area contributed by atoms with Crippen molar-refractivity contribution in [3.8, 4) is 0 Å². The van der Waals surface area contributed by atoms with E-state index in [0.717, 1.165) is 64.2 Å². The molecule has 0 atom stereocenters. The molecule has 0 aliphatic heterocycles. The zero-order valence-electron chi connectivity index (χ0n) is 12.1. The van der Waals surface area contributed by atoms with Gasteiger partial charge in [0.1, 0.15) is 0 Å². The van der Waals surface area contributed by atoms with E-state index in [0.29, 0.717) is 12.3 Å². The molecule has 0 aliphatic rings. The molecule has 0 bridgehead atoms. The van der Waals surface area contributed by atoms with Crippen molar-refractivity contribution in [3.63, 3.8) is 0 Å². The molecule has 19 heavy (non-hydrogen) atoms. The Morgan fingerprint density at radius 3 is 1.26 bits per heavy atom. The summed E-state index contributed by atoms with van der Waals surface area (Å²) in [5, 5.41) is 17.3. The molecule has 116 valence electrons. The van der Waals surface area contributed by atoms with Gasteiger partial charge in [-0.05, 0) is 25.7 Å². The highest BCUT2D eigenvalue weighted by Crippen LogP contribution is 2.42. The van der Waals surface area contributed by atoms with Crippen molar-refractivity contribution in [2.24, 2.45) is 0 Å². The maximum absolute atomic E-state index is 11.9. The smallest absolute Gasteiger partial charge is 0.200 e. The summed E-state index contributed by atoms with van der Waals surface area (Å²) < 4.78 is 11.9. The first-order chi connectivity index (χ1) is 9.12. The van der Waals surface area contributed by atoms with Gasteiger partial charge in [0.05, 0.1) is 0 Å². The van der Waals surface area contributed by atoms with Gasteiger partial charge in [-0.1, -0.05) is 38.5 Å². The largest absolute Gasteiger partial charge is 0.396 e. The molecule has 5 heteroatoms. The molecule has 0 spiro atoms. The number of aliphatic hydroxyl groups excluding tert-OH is 2. The summed E-state index contributed by atoms with van der Waals surface area (Å²) in [6.45, 7) is 0.490. The summed E-state index contributed by atoms with van der Waals surface area (Å²) in [5.41, 5.74) is 0. The van der Waals surface area contributed by atoms with Gasteiger partial charge >= 0.3 is 0 Å². The lowest BCUT2D eigenvalue weighted by molar-refractivity contribution is 0.282. The zero-order chi connectivity index (χ0) is 14.4. The van der Waals surface area contributed by atoms with Crippen LogP contribution in [0.15, 0.2) is 0 Å². The van der Waals surface area contributed by atoms with E-state index in [4.69, 9.17) is 10.2 Å². The SMILES string of the molecule is O=P(O)(CCCCCCCO)CCCCCCCO. The van der Waals surface area contributed by atoms with Gasteiger partial charge in [0.15, 0.2) is 0 Å².